The van der Waals surface area contributed by atoms with E-state index in [9.17, 15) is 0 Å². The predicted molar refractivity (Wildman–Crippen MR) is 408 cm³/mol. The molecule has 446 valence electrons. The maximum atomic E-state index is 2.70. The van der Waals surface area contributed by atoms with E-state index >= 15 is 0 Å². The van der Waals surface area contributed by atoms with E-state index in [1.165, 1.54) is 76.5 Å². The van der Waals surface area contributed by atoms with Gasteiger partial charge in [-0.2, -0.15) is 0 Å². The lowest BCUT2D eigenvalue weighted by Gasteiger charge is -2.46. The Labute approximate surface area is 559 Å². The van der Waals surface area contributed by atoms with Crippen LogP contribution in [-0.2, 0) is 0 Å². The highest BCUT2D eigenvalue weighted by atomic mass is 15.2. The molecule has 0 N–H and O–H groups in total. The van der Waals surface area contributed by atoms with Crippen LogP contribution in [0.5, 0.6) is 0 Å². The molecule has 0 radical (unpaired) electrons. The van der Waals surface area contributed by atoms with E-state index in [0.29, 0.717) is 0 Å². The van der Waals surface area contributed by atoms with Crippen molar-refractivity contribution in [2.24, 2.45) is 0 Å². The second kappa shape index (κ2) is 22.7. The van der Waals surface area contributed by atoms with Gasteiger partial charge in [-0.1, -0.05) is 328 Å². The van der Waals surface area contributed by atoms with Crippen molar-refractivity contribution in [1.82, 2.24) is 4.57 Å². The molecule has 0 aliphatic carbocycles. The molecule has 2 aliphatic heterocycles. The van der Waals surface area contributed by atoms with Crippen molar-refractivity contribution < 1.29 is 0 Å². The predicted octanol–water partition coefficient (Wildman–Crippen LogP) is 22.8. The minimum absolute atomic E-state index is 0.250. The first-order valence-corrected chi connectivity index (χ1v) is 33.3. The lowest BCUT2D eigenvalue weighted by atomic mass is 9.33. The number of aromatic nitrogens is 1. The van der Waals surface area contributed by atoms with Crippen LogP contribution in [0.3, 0.4) is 0 Å². The van der Waals surface area contributed by atoms with Crippen molar-refractivity contribution in [2.75, 3.05) is 9.80 Å². The lowest BCUT2D eigenvalue weighted by molar-refractivity contribution is 1.16. The van der Waals surface area contributed by atoms with Crippen LogP contribution in [0.4, 0.5) is 34.1 Å². The summed E-state index contributed by atoms with van der Waals surface area (Å²) in [4.78, 5) is 5.36. The van der Waals surface area contributed by atoms with Gasteiger partial charge in [0.05, 0.1) is 28.1 Å². The van der Waals surface area contributed by atoms with Gasteiger partial charge >= 0.3 is 0 Å². The number of benzene rings is 16. The van der Waals surface area contributed by atoms with Crippen LogP contribution in [0, 0.1) is 0 Å². The molecule has 0 saturated carbocycles. The molecule has 0 unspecified atom stereocenters. The highest BCUT2D eigenvalue weighted by molar-refractivity contribution is 7.00. The van der Waals surface area contributed by atoms with Crippen LogP contribution in [0.1, 0.15) is 0 Å². The third kappa shape index (κ3) is 8.76. The van der Waals surface area contributed by atoms with Crippen LogP contribution < -0.4 is 26.2 Å². The van der Waals surface area contributed by atoms with Gasteiger partial charge in [0.1, 0.15) is 0 Å². The highest BCUT2D eigenvalue weighted by Crippen LogP contribution is 2.55. The van der Waals surface area contributed by atoms with Crippen LogP contribution >= 0.6 is 0 Å². The number of hydrogen-bond donors (Lipinski definition) is 0. The molecular formula is C92H60BN3. The van der Waals surface area contributed by atoms with E-state index in [1.54, 1.807) is 0 Å². The number of para-hydroxylation sites is 4. The molecule has 19 rings (SSSR count). The van der Waals surface area contributed by atoms with Gasteiger partial charge in [-0.15, -0.1) is 0 Å². The molecule has 3 nitrogen and oxygen atoms in total. The normalized spacial score (nSPS) is 12.3. The quantitative estimate of drug-likeness (QED) is 0.0999. The average molecular weight is 1220 g/mol. The topological polar surface area (TPSA) is 11.4 Å². The Morgan fingerprint density at radius 1 is 0.208 bits per heavy atom. The molecule has 0 atom stereocenters. The second-order valence-corrected chi connectivity index (χ2v) is 25.4. The number of fused-ring (bicyclic) bond motifs is 9. The number of hydrogen-bond acceptors (Lipinski definition) is 2. The summed E-state index contributed by atoms with van der Waals surface area (Å²) in [5.74, 6) is 0. The molecule has 96 heavy (non-hydrogen) atoms. The van der Waals surface area contributed by atoms with E-state index in [-0.39, 0.29) is 6.71 Å². The van der Waals surface area contributed by atoms with Crippen LogP contribution in [0.25, 0.3) is 127 Å². The Bertz CT molecular complexity index is 5660. The molecule has 0 fully saturated rings. The Hall–Kier alpha value is -12.5. The minimum atomic E-state index is -0.250. The zero-order valence-electron chi connectivity index (χ0n) is 52.6. The van der Waals surface area contributed by atoms with Gasteiger partial charge in [0, 0.05) is 55.8 Å². The standard InChI is InChI=1S/C92H60BN3/c1-7-29-61(30-8-1)67-54-56-84-81(57-67)93-80-55-53-68(89-78-45-21-19-43-76(78)88(66-39-17-6-18-40-66)77-44-20-22-46-79(77)89)58-85(80)96(92-72(64-35-13-4-14-36-64)49-28-50-73(92)65-37-15-5-16-38-65)87-60-69(94-82-51-25-23-41-74(82)75-42-24-26-52-83(75)94)59-86(90(87)93)95(84)91-70(62-31-9-2-10-32-62)47-27-48-71(91)63-33-11-3-12-34-63/h1-60H. The second-order valence-electron chi connectivity index (χ2n) is 25.4. The third-order valence-corrected chi connectivity index (χ3v) is 20.1. The van der Waals surface area contributed by atoms with Gasteiger partial charge in [-0.3, -0.25) is 0 Å². The fraction of sp³-hybridized carbons (Fsp3) is 0. The number of rotatable bonds is 10. The molecule has 2 aliphatic rings. The van der Waals surface area contributed by atoms with Gasteiger partial charge in [0.15, 0.2) is 0 Å². The van der Waals surface area contributed by atoms with Crippen molar-refractivity contribution >= 4 is 101 Å². The van der Waals surface area contributed by atoms with Crippen molar-refractivity contribution in [3.63, 3.8) is 0 Å². The van der Waals surface area contributed by atoms with E-state index in [1.807, 2.05) is 0 Å². The molecule has 1 aromatic heterocycles. The van der Waals surface area contributed by atoms with E-state index in [2.05, 4.69) is 378 Å². The van der Waals surface area contributed by atoms with Gasteiger partial charge in [-0.25, -0.2) is 0 Å². The van der Waals surface area contributed by atoms with Crippen LogP contribution in [0.2, 0.25) is 0 Å². The average Bonchev–Trinajstić information content (AvgIpc) is 0.773. The SMILES string of the molecule is c1ccc(-c2ccc3c(c2)B2c4ccc(-c5c6ccccc6c(-c6ccccc6)c6ccccc56)cc4N(c4c(-c5ccccc5)cccc4-c4ccccc4)c4cc(-n5c6ccccc6c6ccccc65)cc(c42)N3c2c(-c3ccccc3)cccc2-c2ccccc2)cc1. The van der Waals surface area contributed by atoms with Crippen molar-refractivity contribution in [2.45, 2.75) is 0 Å². The molecule has 0 spiro atoms. The third-order valence-electron chi connectivity index (χ3n) is 20.1. The van der Waals surface area contributed by atoms with E-state index < -0.39 is 0 Å². The number of nitrogens with zero attached hydrogens (tertiary/aromatic N) is 3. The summed E-state index contributed by atoms with van der Waals surface area (Å²) in [5.41, 5.74) is 29.9. The Morgan fingerprint density at radius 2 is 0.562 bits per heavy atom. The maximum absolute atomic E-state index is 2.70. The summed E-state index contributed by atoms with van der Waals surface area (Å²) in [6, 6.07) is 136. The molecule has 16 aromatic carbocycles. The molecule has 17 aromatic rings. The largest absolute Gasteiger partial charge is 0.310 e. The fourth-order valence-corrected chi connectivity index (χ4v) is 16.1. The van der Waals surface area contributed by atoms with Crippen molar-refractivity contribution in [3.05, 3.63) is 364 Å². The molecule has 0 bridgehead atoms. The van der Waals surface area contributed by atoms with E-state index in [0.717, 1.165) is 101 Å². The van der Waals surface area contributed by atoms with Gasteiger partial charge < -0.3 is 14.4 Å². The smallest absolute Gasteiger partial charge is 0.252 e. The molecule has 0 amide bonds. The first-order chi connectivity index (χ1) is 47.7. The fourth-order valence-electron chi connectivity index (χ4n) is 16.1. The summed E-state index contributed by atoms with van der Waals surface area (Å²) in [6.45, 7) is -0.250. The Morgan fingerprint density at radius 3 is 1.00 bits per heavy atom. The first kappa shape index (κ1) is 55.2. The summed E-state index contributed by atoms with van der Waals surface area (Å²) >= 11 is 0. The molecule has 3 heterocycles. The molecule has 4 heteroatoms. The first-order valence-electron chi connectivity index (χ1n) is 33.3. The van der Waals surface area contributed by atoms with Crippen LogP contribution in [-0.4, -0.2) is 11.3 Å². The zero-order valence-corrected chi connectivity index (χ0v) is 52.6. The van der Waals surface area contributed by atoms with Crippen molar-refractivity contribution in [3.8, 4) is 83.6 Å². The lowest BCUT2D eigenvalue weighted by Crippen LogP contribution is -2.61. The summed E-state index contributed by atoms with van der Waals surface area (Å²) < 4.78 is 2.53. The van der Waals surface area contributed by atoms with Gasteiger partial charge in [-0.05, 0) is 130 Å². The zero-order chi connectivity index (χ0) is 63.2. The summed E-state index contributed by atoms with van der Waals surface area (Å²) in [7, 11) is 0. The monoisotopic (exact) mass is 1220 g/mol. The summed E-state index contributed by atoms with van der Waals surface area (Å²) in [6.07, 6.45) is 0. The van der Waals surface area contributed by atoms with Crippen molar-refractivity contribution in [1.29, 1.82) is 0 Å². The molecular weight excluding hydrogens is 1160 g/mol. The summed E-state index contributed by atoms with van der Waals surface area (Å²) in [5, 5.41) is 7.28. The number of anilines is 6. The van der Waals surface area contributed by atoms with Gasteiger partial charge in [0.25, 0.3) is 6.71 Å². The maximum Gasteiger partial charge on any atom is 0.252 e. The van der Waals surface area contributed by atoms with E-state index in [4.69, 9.17) is 0 Å². The van der Waals surface area contributed by atoms with Gasteiger partial charge in [0.2, 0.25) is 0 Å². The van der Waals surface area contributed by atoms with Crippen LogP contribution in [0.15, 0.2) is 364 Å². The Kier molecular flexibility index (Phi) is 13.0. The minimum Gasteiger partial charge on any atom is -0.310 e. The molecule has 0 saturated heterocycles. The Balaban J connectivity index is 1.01. The highest BCUT2D eigenvalue weighted by Gasteiger charge is 2.46.